The molecule has 26 heavy (non-hydrogen) atoms. The lowest BCUT2D eigenvalue weighted by Crippen LogP contribution is -2.52. The highest BCUT2D eigenvalue weighted by Gasteiger charge is 2.41. The molecule has 1 amide bonds. The molecule has 7 heteroatoms. The molecule has 1 saturated heterocycles. The smallest absolute Gasteiger partial charge is 0.238 e. The Balaban J connectivity index is 1.75. The van der Waals surface area contributed by atoms with E-state index in [1.807, 2.05) is 26.0 Å². The van der Waals surface area contributed by atoms with Crippen LogP contribution in [-0.4, -0.2) is 48.5 Å². The number of rotatable bonds is 6. The van der Waals surface area contributed by atoms with E-state index in [-0.39, 0.29) is 23.0 Å². The molecule has 1 atom stereocenters. The van der Waals surface area contributed by atoms with Gasteiger partial charge < -0.3 is 5.32 Å². The first-order valence-corrected chi connectivity index (χ1v) is 11.1. The van der Waals surface area contributed by atoms with Gasteiger partial charge in [-0.25, -0.2) is 8.42 Å². The molecule has 1 aliphatic heterocycles. The van der Waals surface area contributed by atoms with Crippen LogP contribution in [0, 0.1) is 5.92 Å². The predicted octanol–water partition coefficient (Wildman–Crippen LogP) is 2.07. The Bertz CT molecular complexity index is 728. The van der Waals surface area contributed by atoms with Crippen LogP contribution in [0.25, 0.3) is 0 Å². The maximum absolute atomic E-state index is 13.0. The number of nitrogens with zero attached hydrogens (tertiary/aromatic N) is 2. The second-order valence-corrected chi connectivity index (χ2v) is 9.95. The zero-order valence-electron chi connectivity index (χ0n) is 15.6. The number of sulfonamides is 1. The monoisotopic (exact) mass is 379 g/mol. The maximum Gasteiger partial charge on any atom is 0.238 e. The third kappa shape index (κ3) is 3.78. The molecule has 1 saturated carbocycles. The average molecular weight is 380 g/mol. The fourth-order valence-electron chi connectivity index (χ4n) is 4.42. The van der Waals surface area contributed by atoms with E-state index < -0.39 is 16.1 Å². The van der Waals surface area contributed by atoms with Crippen molar-refractivity contribution in [2.24, 2.45) is 5.92 Å². The van der Waals surface area contributed by atoms with Crippen LogP contribution in [0.3, 0.4) is 0 Å². The number of nitrogens with one attached hydrogen (secondary N) is 1. The minimum atomic E-state index is -3.32. The minimum Gasteiger partial charge on any atom is -0.354 e. The summed E-state index contributed by atoms with van der Waals surface area (Å²) in [6.45, 7) is 4.81. The van der Waals surface area contributed by atoms with Crippen molar-refractivity contribution in [1.82, 2.24) is 14.6 Å². The van der Waals surface area contributed by atoms with Crippen LogP contribution in [0.5, 0.6) is 0 Å². The van der Waals surface area contributed by atoms with Crippen LogP contribution in [-0.2, 0) is 20.2 Å². The van der Waals surface area contributed by atoms with Gasteiger partial charge in [0.2, 0.25) is 15.9 Å². The first kappa shape index (κ1) is 19.3. The van der Waals surface area contributed by atoms with Crippen molar-refractivity contribution in [1.29, 1.82) is 0 Å². The number of hydrogen-bond acceptors (Lipinski definition) is 4. The van der Waals surface area contributed by atoms with Gasteiger partial charge in [0.05, 0.1) is 5.75 Å². The molecule has 2 heterocycles. The van der Waals surface area contributed by atoms with Crippen LogP contribution in [0.4, 0.5) is 0 Å². The van der Waals surface area contributed by atoms with Crippen LogP contribution >= 0.6 is 0 Å². The SMILES string of the molecule is CC(C)[C@@H](C(=O)NCC1(c2ccncc2)CCCC1)N1CCCS1(=O)=O. The van der Waals surface area contributed by atoms with Gasteiger partial charge in [0.15, 0.2) is 0 Å². The molecular weight excluding hydrogens is 350 g/mol. The molecular formula is C19H29N3O3S. The van der Waals surface area contributed by atoms with Gasteiger partial charge in [-0.2, -0.15) is 4.31 Å². The van der Waals surface area contributed by atoms with Crippen molar-refractivity contribution in [2.75, 3.05) is 18.8 Å². The van der Waals surface area contributed by atoms with Gasteiger partial charge in [-0.05, 0) is 42.9 Å². The molecule has 2 fully saturated rings. The van der Waals surface area contributed by atoms with Crippen molar-refractivity contribution < 1.29 is 13.2 Å². The Labute approximate surface area is 156 Å². The summed E-state index contributed by atoms with van der Waals surface area (Å²) in [6, 6.07) is 3.43. The largest absolute Gasteiger partial charge is 0.354 e. The number of carbonyl (C=O) groups is 1. The molecule has 0 bridgehead atoms. The number of pyridine rings is 1. The van der Waals surface area contributed by atoms with Crippen LogP contribution in [0.2, 0.25) is 0 Å². The van der Waals surface area contributed by atoms with Gasteiger partial charge in [-0.1, -0.05) is 26.7 Å². The van der Waals surface area contributed by atoms with Crippen molar-refractivity contribution in [3.8, 4) is 0 Å². The molecule has 2 aliphatic rings. The van der Waals surface area contributed by atoms with Gasteiger partial charge in [0, 0.05) is 30.9 Å². The van der Waals surface area contributed by atoms with Crippen LogP contribution in [0.1, 0.15) is 51.5 Å². The maximum atomic E-state index is 13.0. The average Bonchev–Trinajstić information content (AvgIpc) is 3.22. The van der Waals surface area contributed by atoms with E-state index in [0.717, 1.165) is 25.7 Å². The molecule has 1 aliphatic carbocycles. The Morgan fingerprint density at radius 3 is 2.42 bits per heavy atom. The Kier molecular flexibility index (Phi) is 5.67. The van der Waals surface area contributed by atoms with Crippen molar-refractivity contribution in [3.05, 3.63) is 30.1 Å². The molecule has 0 unspecified atom stereocenters. The summed E-state index contributed by atoms with van der Waals surface area (Å²) in [4.78, 5) is 17.1. The number of carbonyl (C=O) groups excluding carboxylic acids is 1. The zero-order valence-corrected chi connectivity index (χ0v) is 16.5. The first-order valence-electron chi connectivity index (χ1n) is 9.53. The summed E-state index contributed by atoms with van der Waals surface area (Å²) in [5.74, 6) is -0.0982. The Hall–Kier alpha value is -1.47. The predicted molar refractivity (Wildman–Crippen MR) is 101 cm³/mol. The van der Waals surface area contributed by atoms with E-state index in [1.165, 1.54) is 9.87 Å². The van der Waals surface area contributed by atoms with Crippen molar-refractivity contribution in [2.45, 2.75) is 57.4 Å². The molecule has 1 aromatic rings. The fourth-order valence-corrected chi connectivity index (χ4v) is 6.24. The van der Waals surface area contributed by atoms with Gasteiger partial charge in [-0.3, -0.25) is 9.78 Å². The second kappa shape index (κ2) is 7.64. The standard InChI is InChI=1S/C19H29N3O3S/c1-15(2)17(22-12-5-13-26(22,24)25)18(23)21-14-19(8-3-4-9-19)16-6-10-20-11-7-16/h6-7,10-11,15,17H,3-5,8-9,12-14H2,1-2H3,(H,21,23)/t17-/m0/s1. The summed E-state index contributed by atoms with van der Waals surface area (Å²) in [7, 11) is -3.32. The van der Waals surface area contributed by atoms with Crippen LogP contribution < -0.4 is 5.32 Å². The summed E-state index contributed by atoms with van der Waals surface area (Å²) in [5, 5.41) is 3.09. The summed E-state index contributed by atoms with van der Waals surface area (Å²) in [6.07, 6.45) is 8.55. The van der Waals surface area contributed by atoms with Gasteiger partial charge >= 0.3 is 0 Å². The first-order chi connectivity index (χ1) is 12.4. The molecule has 1 aromatic heterocycles. The van der Waals surface area contributed by atoms with E-state index >= 15 is 0 Å². The molecule has 0 spiro atoms. The number of aromatic nitrogens is 1. The van der Waals surface area contributed by atoms with Gasteiger partial charge in [0.1, 0.15) is 6.04 Å². The lowest BCUT2D eigenvalue weighted by atomic mass is 9.79. The highest BCUT2D eigenvalue weighted by molar-refractivity contribution is 7.89. The Morgan fingerprint density at radius 2 is 1.88 bits per heavy atom. The fraction of sp³-hybridized carbons (Fsp3) is 0.684. The molecule has 0 aromatic carbocycles. The van der Waals surface area contributed by atoms with Crippen LogP contribution in [0.15, 0.2) is 24.5 Å². The topological polar surface area (TPSA) is 79.4 Å². The third-order valence-electron chi connectivity index (χ3n) is 5.80. The van der Waals surface area contributed by atoms with E-state index in [9.17, 15) is 13.2 Å². The van der Waals surface area contributed by atoms with Gasteiger partial charge in [-0.15, -0.1) is 0 Å². The molecule has 1 N–H and O–H groups in total. The highest BCUT2D eigenvalue weighted by atomic mass is 32.2. The summed E-state index contributed by atoms with van der Waals surface area (Å²) >= 11 is 0. The number of amides is 1. The van der Waals surface area contributed by atoms with E-state index in [0.29, 0.717) is 19.5 Å². The van der Waals surface area contributed by atoms with E-state index in [1.54, 1.807) is 12.4 Å². The lowest BCUT2D eigenvalue weighted by Gasteiger charge is -2.33. The zero-order chi connectivity index (χ0) is 18.8. The van der Waals surface area contributed by atoms with E-state index in [2.05, 4.69) is 10.3 Å². The van der Waals surface area contributed by atoms with E-state index in [4.69, 9.17) is 0 Å². The lowest BCUT2D eigenvalue weighted by molar-refractivity contribution is -0.126. The number of hydrogen-bond donors (Lipinski definition) is 1. The highest BCUT2D eigenvalue weighted by Crippen LogP contribution is 2.40. The van der Waals surface area contributed by atoms with Crippen molar-refractivity contribution >= 4 is 15.9 Å². The molecule has 3 rings (SSSR count). The molecule has 0 radical (unpaired) electrons. The quantitative estimate of drug-likeness (QED) is 0.821. The third-order valence-corrected chi connectivity index (χ3v) is 7.73. The molecule has 6 nitrogen and oxygen atoms in total. The second-order valence-electron chi connectivity index (χ2n) is 7.91. The normalized spacial score (nSPS) is 23.2. The summed E-state index contributed by atoms with van der Waals surface area (Å²) < 4.78 is 26.0. The van der Waals surface area contributed by atoms with Gasteiger partial charge in [0.25, 0.3) is 0 Å². The van der Waals surface area contributed by atoms with Crippen molar-refractivity contribution in [3.63, 3.8) is 0 Å². The summed E-state index contributed by atoms with van der Waals surface area (Å²) in [5.41, 5.74) is 1.14. The minimum absolute atomic E-state index is 0.0655. The Morgan fingerprint density at radius 1 is 1.23 bits per heavy atom. The molecule has 144 valence electrons.